The average molecular weight is 270 g/mol. The number of hydrogen-bond acceptors (Lipinski definition) is 2. The second-order valence-electron chi connectivity index (χ2n) is 4.95. The third kappa shape index (κ3) is 3.27. The minimum atomic E-state index is -0.468. The highest BCUT2D eigenvalue weighted by atomic mass is 16.1. The van der Waals surface area contributed by atoms with E-state index in [0.717, 1.165) is 36.8 Å². The lowest BCUT2D eigenvalue weighted by Gasteiger charge is -2.21. The molecule has 0 saturated heterocycles. The summed E-state index contributed by atoms with van der Waals surface area (Å²) in [6, 6.07) is 5.68. The number of nitrogens with two attached hydrogens (primary N) is 1. The molecule has 106 valence electrons. The molecule has 0 heterocycles. The van der Waals surface area contributed by atoms with Gasteiger partial charge in [0, 0.05) is 5.56 Å². The van der Waals surface area contributed by atoms with Gasteiger partial charge in [0.25, 0.3) is 0 Å². The van der Waals surface area contributed by atoms with Crippen LogP contribution in [-0.4, -0.2) is 5.91 Å². The lowest BCUT2D eigenvalue weighted by Crippen LogP contribution is -2.17. The molecule has 1 aromatic carbocycles. The van der Waals surface area contributed by atoms with Crippen molar-refractivity contribution in [2.45, 2.75) is 45.4 Å². The Morgan fingerprint density at radius 1 is 1.40 bits per heavy atom. The third-order valence-corrected chi connectivity index (χ3v) is 3.56. The van der Waals surface area contributed by atoms with Crippen molar-refractivity contribution in [2.24, 2.45) is 5.73 Å². The number of carbonyl (C=O) groups excluding carboxylic acids is 1. The number of nitriles is 1. The summed E-state index contributed by atoms with van der Waals surface area (Å²) < 4.78 is 0. The van der Waals surface area contributed by atoms with Crippen LogP contribution in [0.15, 0.2) is 18.7 Å². The van der Waals surface area contributed by atoms with Gasteiger partial charge in [-0.05, 0) is 36.0 Å². The zero-order valence-electron chi connectivity index (χ0n) is 12.3. The third-order valence-electron chi connectivity index (χ3n) is 3.56. The summed E-state index contributed by atoms with van der Waals surface area (Å²) in [4.78, 5) is 11.7. The van der Waals surface area contributed by atoms with Crippen molar-refractivity contribution in [3.05, 3.63) is 41.0 Å². The summed E-state index contributed by atoms with van der Waals surface area (Å²) in [5, 5.41) is 9.47. The molecule has 3 nitrogen and oxygen atoms in total. The molecule has 1 rings (SSSR count). The summed E-state index contributed by atoms with van der Waals surface area (Å²) in [6.45, 7) is 7.95. The first-order chi connectivity index (χ1) is 9.60. The molecule has 1 aromatic rings. The van der Waals surface area contributed by atoms with Crippen LogP contribution in [0.2, 0.25) is 0 Å². The maximum absolute atomic E-state index is 11.7. The molecule has 20 heavy (non-hydrogen) atoms. The molecule has 0 aromatic heterocycles. The standard InChI is InChI=1S/C17H22N2O/c1-4-7-13(8-5-2)16-14(17(19)20)10-9-12(6-3)15(16)11-18/h6,9-10,13H,3-5,7-8H2,1-2H3,(H2,19,20). The van der Waals surface area contributed by atoms with E-state index in [2.05, 4.69) is 26.5 Å². The Hall–Kier alpha value is -2.08. The van der Waals surface area contributed by atoms with Crippen LogP contribution in [-0.2, 0) is 0 Å². The van der Waals surface area contributed by atoms with Crippen molar-refractivity contribution in [3.8, 4) is 6.07 Å². The lowest BCUT2D eigenvalue weighted by atomic mass is 9.82. The zero-order chi connectivity index (χ0) is 15.1. The molecule has 1 amide bonds. The van der Waals surface area contributed by atoms with Gasteiger partial charge < -0.3 is 5.73 Å². The maximum Gasteiger partial charge on any atom is 0.249 e. The van der Waals surface area contributed by atoms with Gasteiger partial charge in [-0.2, -0.15) is 5.26 Å². The summed E-state index contributed by atoms with van der Waals surface area (Å²) >= 11 is 0. The molecule has 2 N–H and O–H groups in total. The van der Waals surface area contributed by atoms with E-state index in [1.165, 1.54) is 0 Å². The number of benzene rings is 1. The molecule has 0 atom stereocenters. The van der Waals surface area contributed by atoms with E-state index in [9.17, 15) is 10.1 Å². The van der Waals surface area contributed by atoms with E-state index in [1.807, 2.05) is 0 Å². The quantitative estimate of drug-likeness (QED) is 0.814. The topological polar surface area (TPSA) is 66.9 Å². The van der Waals surface area contributed by atoms with Crippen LogP contribution in [0.1, 0.15) is 72.5 Å². The van der Waals surface area contributed by atoms with Crippen LogP contribution in [0.5, 0.6) is 0 Å². The number of nitrogens with zero attached hydrogens (tertiary/aromatic N) is 1. The molecule has 0 unspecified atom stereocenters. The first-order valence-electron chi connectivity index (χ1n) is 7.09. The van der Waals surface area contributed by atoms with Gasteiger partial charge in [-0.15, -0.1) is 0 Å². The molecular formula is C17H22N2O. The number of hydrogen-bond donors (Lipinski definition) is 1. The minimum absolute atomic E-state index is 0.196. The fourth-order valence-electron chi connectivity index (χ4n) is 2.70. The van der Waals surface area contributed by atoms with Crippen LogP contribution < -0.4 is 5.73 Å². The first kappa shape index (κ1) is 16.0. The first-order valence-corrected chi connectivity index (χ1v) is 7.09. The van der Waals surface area contributed by atoms with E-state index in [-0.39, 0.29) is 5.92 Å². The molecule has 0 radical (unpaired) electrons. The van der Waals surface area contributed by atoms with Gasteiger partial charge in [0.1, 0.15) is 6.07 Å². The van der Waals surface area contributed by atoms with Gasteiger partial charge in [0.15, 0.2) is 0 Å². The smallest absolute Gasteiger partial charge is 0.249 e. The largest absolute Gasteiger partial charge is 0.366 e. The SMILES string of the molecule is C=Cc1ccc(C(N)=O)c(C(CCC)CCC)c1C#N. The van der Waals surface area contributed by atoms with Gasteiger partial charge in [-0.3, -0.25) is 4.79 Å². The number of primary amides is 1. The number of amides is 1. The molecule has 0 aliphatic heterocycles. The van der Waals surface area contributed by atoms with Crippen molar-refractivity contribution >= 4 is 12.0 Å². The maximum atomic E-state index is 11.7. The summed E-state index contributed by atoms with van der Waals surface area (Å²) in [7, 11) is 0. The summed E-state index contributed by atoms with van der Waals surface area (Å²) in [6.07, 6.45) is 5.56. The van der Waals surface area contributed by atoms with Crippen LogP contribution in [0, 0.1) is 11.3 Å². The molecule has 0 aliphatic rings. The van der Waals surface area contributed by atoms with Crippen molar-refractivity contribution in [3.63, 3.8) is 0 Å². The van der Waals surface area contributed by atoms with Crippen LogP contribution >= 0.6 is 0 Å². The van der Waals surface area contributed by atoms with Crippen molar-refractivity contribution in [1.29, 1.82) is 5.26 Å². The second-order valence-corrected chi connectivity index (χ2v) is 4.95. The fraction of sp³-hybridized carbons (Fsp3) is 0.412. The molecular weight excluding hydrogens is 248 g/mol. The van der Waals surface area contributed by atoms with E-state index in [0.29, 0.717) is 11.1 Å². The highest BCUT2D eigenvalue weighted by molar-refractivity contribution is 5.95. The highest BCUT2D eigenvalue weighted by Crippen LogP contribution is 2.33. The Bertz CT molecular complexity index is 535. The van der Waals surface area contributed by atoms with Crippen molar-refractivity contribution in [2.75, 3.05) is 0 Å². The molecule has 3 heteroatoms. The summed E-state index contributed by atoms with van der Waals surface area (Å²) in [5.41, 5.74) is 8.08. The van der Waals surface area contributed by atoms with Gasteiger partial charge in [0.2, 0.25) is 5.91 Å². The van der Waals surface area contributed by atoms with E-state index in [1.54, 1.807) is 18.2 Å². The van der Waals surface area contributed by atoms with Crippen LogP contribution in [0.25, 0.3) is 6.08 Å². The van der Waals surface area contributed by atoms with Crippen LogP contribution in [0.4, 0.5) is 0 Å². The molecule has 0 aliphatic carbocycles. The molecule has 0 fully saturated rings. The Labute approximate surface area is 121 Å². The molecule has 0 spiro atoms. The minimum Gasteiger partial charge on any atom is -0.366 e. The van der Waals surface area contributed by atoms with Gasteiger partial charge >= 0.3 is 0 Å². The zero-order valence-corrected chi connectivity index (χ0v) is 12.3. The van der Waals surface area contributed by atoms with Gasteiger partial charge in [-0.25, -0.2) is 0 Å². The Morgan fingerprint density at radius 2 is 2.00 bits per heavy atom. The molecule has 0 saturated carbocycles. The predicted octanol–water partition coefficient (Wildman–Crippen LogP) is 3.98. The highest BCUT2D eigenvalue weighted by Gasteiger charge is 2.22. The van der Waals surface area contributed by atoms with Crippen molar-refractivity contribution < 1.29 is 4.79 Å². The second kappa shape index (κ2) is 7.49. The monoisotopic (exact) mass is 270 g/mol. The van der Waals surface area contributed by atoms with Crippen molar-refractivity contribution in [1.82, 2.24) is 0 Å². The average Bonchev–Trinajstić information content (AvgIpc) is 2.45. The number of rotatable bonds is 7. The lowest BCUT2D eigenvalue weighted by molar-refractivity contribution is 0.0998. The fourth-order valence-corrected chi connectivity index (χ4v) is 2.70. The molecule has 0 bridgehead atoms. The van der Waals surface area contributed by atoms with Gasteiger partial charge in [0.05, 0.1) is 5.56 Å². The number of carbonyl (C=O) groups is 1. The van der Waals surface area contributed by atoms with E-state index >= 15 is 0 Å². The van der Waals surface area contributed by atoms with Crippen LogP contribution in [0.3, 0.4) is 0 Å². The van der Waals surface area contributed by atoms with Gasteiger partial charge in [-0.1, -0.05) is 45.4 Å². The van der Waals surface area contributed by atoms with E-state index in [4.69, 9.17) is 5.73 Å². The Kier molecular flexibility index (Phi) is 5.99. The Morgan fingerprint density at radius 3 is 2.40 bits per heavy atom. The summed E-state index contributed by atoms with van der Waals surface area (Å²) in [5.74, 6) is -0.272. The Balaban J connectivity index is 3.55. The predicted molar refractivity (Wildman–Crippen MR) is 82.3 cm³/mol. The normalized spacial score (nSPS) is 10.3. The van der Waals surface area contributed by atoms with E-state index < -0.39 is 5.91 Å².